The van der Waals surface area contributed by atoms with Crippen LogP contribution in [0.25, 0.3) is 0 Å². The molecule has 1 unspecified atom stereocenters. The zero-order valence-corrected chi connectivity index (χ0v) is 11.4. The Morgan fingerprint density at radius 1 is 1.16 bits per heavy atom. The maximum Gasteiger partial charge on any atom is 0.123 e. The third kappa shape index (κ3) is 4.45. The Kier molecular flexibility index (Phi) is 4.63. The van der Waals surface area contributed by atoms with Crippen LogP contribution in [0.2, 0.25) is 0 Å². The lowest BCUT2D eigenvalue weighted by atomic mass is 10.1. The number of hydrogen-bond donors (Lipinski definition) is 1. The van der Waals surface area contributed by atoms with Crippen molar-refractivity contribution in [1.29, 1.82) is 0 Å². The highest BCUT2D eigenvalue weighted by Gasteiger charge is 2.04. The summed E-state index contributed by atoms with van der Waals surface area (Å²) in [6.45, 7) is 4.97. The van der Waals surface area contributed by atoms with Crippen molar-refractivity contribution in [3.8, 4) is 0 Å². The van der Waals surface area contributed by atoms with Crippen LogP contribution in [0.15, 0.2) is 42.7 Å². The van der Waals surface area contributed by atoms with Crippen LogP contribution in [0.5, 0.6) is 0 Å². The maximum atomic E-state index is 12.8. The zero-order valence-electron chi connectivity index (χ0n) is 11.4. The van der Waals surface area contributed by atoms with E-state index in [1.54, 1.807) is 0 Å². The molecule has 0 amide bonds. The summed E-state index contributed by atoms with van der Waals surface area (Å²) in [4.78, 5) is 4.17. The molecule has 0 aliphatic rings. The molecular weight excluding hydrogens is 239 g/mol. The Morgan fingerprint density at radius 2 is 1.89 bits per heavy atom. The van der Waals surface area contributed by atoms with Gasteiger partial charge in [-0.15, -0.1) is 0 Å². The molecule has 2 nitrogen and oxygen atoms in total. The lowest BCUT2D eigenvalue weighted by Gasteiger charge is -2.14. The number of aromatic nitrogens is 1. The molecule has 0 bridgehead atoms. The Bertz CT molecular complexity index is 523. The molecule has 2 aromatic rings. The molecular formula is C16H19FN2. The Labute approximate surface area is 113 Å². The molecule has 1 atom stereocenters. The normalized spacial score (nSPS) is 12.4. The van der Waals surface area contributed by atoms with E-state index < -0.39 is 0 Å². The van der Waals surface area contributed by atoms with Crippen LogP contribution in [-0.4, -0.2) is 11.0 Å². The first-order valence-corrected chi connectivity index (χ1v) is 6.52. The van der Waals surface area contributed by atoms with Gasteiger partial charge in [0.1, 0.15) is 5.82 Å². The average Bonchev–Trinajstić information content (AvgIpc) is 2.39. The standard InChI is InChI=1S/C16H19FN2/c1-12-7-15(10-18-9-12)11-19-13(2)8-14-3-5-16(17)6-4-14/h3-7,9-10,13,19H,8,11H2,1-2H3. The SMILES string of the molecule is Cc1cncc(CNC(C)Cc2ccc(F)cc2)c1. The number of rotatable bonds is 5. The van der Waals surface area contributed by atoms with Gasteiger partial charge in [-0.25, -0.2) is 4.39 Å². The summed E-state index contributed by atoms with van der Waals surface area (Å²) in [5.41, 5.74) is 3.50. The van der Waals surface area contributed by atoms with Crippen LogP contribution >= 0.6 is 0 Å². The first-order chi connectivity index (χ1) is 9.13. The molecule has 3 heteroatoms. The van der Waals surface area contributed by atoms with E-state index in [-0.39, 0.29) is 5.82 Å². The number of benzene rings is 1. The zero-order chi connectivity index (χ0) is 13.7. The number of nitrogens with zero attached hydrogens (tertiary/aromatic N) is 1. The minimum Gasteiger partial charge on any atom is -0.310 e. The molecule has 100 valence electrons. The van der Waals surface area contributed by atoms with Gasteiger partial charge in [0, 0.05) is 25.0 Å². The molecule has 19 heavy (non-hydrogen) atoms. The van der Waals surface area contributed by atoms with Gasteiger partial charge in [0.25, 0.3) is 0 Å². The number of aryl methyl sites for hydroxylation is 1. The largest absolute Gasteiger partial charge is 0.310 e. The van der Waals surface area contributed by atoms with Crippen molar-refractivity contribution in [1.82, 2.24) is 10.3 Å². The summed E-state index contributed by atoms with van der Waals surface area (Å²) in [5, 5.41) is 3.46. The van der Waals surface area contributed by atoms with Gasteiger partial charge >= 0.3 is 0 Å². The van der Waals surface area contributed by atoms with Crippen molar-refractivity contribution in [2.75, 3.05) is 0 Å². The first kappa shape index (κ1) is 13.7. The van der Waals surface area contributed by atoms with Crippen LogP contribution in [-0.2, 0) is 13.0 Å². The van der Waals surface area contributed by atoms with Gasteiger partial charge in [-0.3, -0.25) is 4.98 Å². The Balaban J connectivity index is 1.84. The summed E-state index contributed by atoms with van der Waals surface area (Å²) >= 11 is 0. The molecule has 0 saturated heterocycles. The van der Waals surface area contributed by atoms with Crippen LogP contribution in [0, 0.1) is 12.7 Å². The number of hydrogen-bond acceptors (Lipinski definition) is 2. The molecule has 2 rings (SSSR count). The molecule has 0 radical (unpaired) electrons. The summed E-state index contributed by atoms with van der Waals surface area (Å²) in [5.74, 6) is -0.185. The molecule has 1 heterocycles. The second kappa shape index (κ2) is 6.43. The lowest BCUT2D eigenvalue weighted by molar-refractivity contribution is 0.543. The van der Waals surface area contributed by atoms with Crippen molar-refractivity contribution in [3.63, 3.8) is 0 Å². The molecule has 0 spiro atoms. The van der Waals surface area contributed by atoms with E-state index in [9.17, 15) is 4.39 Å². The van der Waals surface area contributed by atoms with E-state index in [2.05, 4.69) is 23.3 Å². The number of halogens is 1. The van der Waals surface area contributed by atoms with Crippen LogP contribution in [0.4, 0.5) is 4.39 Å². The summed E-state index contributed by atoms with van der Waals surface area (Å²) in [7, 11) is 0. The second-order valence-electron chi connectivity index (χ2n) is 4.98. The van der Waals surface area contributed by atoms with Gasteiger partial charge in [0.05, 0.1) is 0 Å². The molecule has 1 N–H and O–H groups in total. The van der Waals surface area contributed by atoms with Crippen molar-refractivity contribution < 1.29 is 4.39 Å². The van der Waals surface area contributed by atoms with Gasteiger partial charge in [0.15, 0.2) is 0 Å². The Hall–Kier alpha value is -1.74. The highest BCUT2D eigenvalue weighted by Crippen LogP contribution is 2.07. The fraction of sp³-hybridized carbons (Fsp3) is 0.312. The average molecular weight is 258 g/mol. The highest BCUT2D eigenvalue weighted by atomic mass is 19.1. The van der Waals surface area contributed by atoms with Gasteiger partial charge in [0.2, 0.25) is 0 Å². The summed E-state index contributed by atoms with van der Waals surface area (Å²) in [6, 6.07) is 9.15. The fourth-order valence-electron chi connectivity index (χ4n) is 2.05. The molecule has 0 aliphatic carbocycles. The van der Waals surface area contributed by atoms with E-state index in [0.29, 0.717) is 6.04 Å². The monoisotopic (exact) mass is 258 g/mol. The minimum atomic E-state index is -0.185. The van der Waals surface area contributed by atoms with Crippen molar-refractivity contribution in [2.24, 2.45) is 0 Å². The van der Waals surface area contributed by atoms with Gasteiger partial charge in [-0.1, -0.05) is 18.2 Å². The maximum absolute atomic E-state index is 12.8. The van der Waals surface area contributed by atoms with Crippen molar-refractivity contribution in [3.05, 3.63) is 65.2 Å². The van der Waals surface area contributed by atoms with Gasteiger partial charge < -0.3 is 5.32 Å². The number of pyridine rings is 1. The van der Waals surface area contributed by atoms with E-state index in [1.807, 2.05) is 31.5 Å². The third-order valence-electron chi connectivity index (χ3n) is 3.04. The number of nitrogens with one attached hydrogen (secondary N) is 1. The quantitative estimate of drug-likeness (QED) is 0.890. The molecule has 0 fully saturated rings. The molecule has 0 aliphatic heterocycles. The predicted octanol–water partition coefficient (Wildman–Crippen LogP) is 3.25. The fourth-order valence-corrected chi connectivity index (χ4v) is 2.05. The topological polar surface area (TPSA) is 24.9 Å². The van der Waals surface area contributed by atoms with E-state index in [0.717, 1.165) is 18.5 Å². The smallest absolute Gasteiger partial charge is 0.123 e. The lowest BCUT2D eigenvalue weighted by Crippen LogP contribution is -2.27. The highest BCUT2D eigenvalue weighted by molar-refractivity contribution is 5.18. The van der Waals surface area contributed by atoms with E-state index in [1.165, 1.54) is 23.3 Å². The van der Waals surface area contributed by atoms with Crippen LogP contribution in [0.1, 0.15) is 23.6 Å². The molecule has 1 aromatic carbocycles. The van der Waals surface area contributed by atoms with E-state index >= 15 is 0 Å². The van der Waals surface area contributed by atoms with E-state index in [4.69, 9.17) is 0 Å². The second-order valence-corrected chi connectivity index (χ2v) is 4.98. The summed E-state index contributed by atoms with van der Waals surface area (Å²) in [6.07, 6.45) is 4.62. The van der Waals surface area contributed by atoms with Gasteiger partial charge in [-0.2, -0.15) is 0 Å². The van der Waals surface area contributed by atoms with Crippen molar-refractivity contribution >= 4 is 0 Å². The minimum absolute atomic E-state index is 0.185. The summed E-state index contributed by atoms with van der Waals surface area (Å²) < 4.78 is 12.8. The third-order valence-corrected chi connectivity index (χ3v) is 3.04. The molecule has 1 aromatic heterocycles. The predicted molar refractivity (Wildman–Crippen MR) is 75.4 cm³/mol. The molecule has 0 saturated carbocycles. The van der Waals surface area contributed by atoms with Crippen molar-refractivity contribution in [2.45, 2.75) is 32.9 Å². The van der Waals surface area contributed by atoms with Crippen LogP contribution in [0.3, 0.4) is 0 Å². The van der Waals surface area contributed by atoms with Crippen LogP contribution < -0.4 is 5.32 Å². The van der Waals surface area contributed by atoms with Gasteiger partial charge in [-0.05, 0) is 49.1 Å². The first-order valence-electron chi connectivity index (χ1n) is 6.52. The Morgan fingerprint density at radius 3 is 2.58 bits per heavy atom.